The van der Waals surface area contributed by atoms with Gasteiger partial charge in [0, 0.05) is 29.2 Å². The third-order valence-corrected chi connectivity index (χ3v) is 4.23. The molecular weight excluding hydrogens is 342 g/mol. The molecule has 0 aliphatic rings. The lowest BCUT2D eigenvalue weighted by atomic mass is 10.0. The molecule has 0 saturated carbocycles. The number of pyridine rings is 1. The number of carbonyl (C=O) groups excluding carboxylic acids is 2. The maximum atomic E-state index is 12.5. The molecule has 1 atom stereocenters. The summed E-state index contributed by atoms with van der Waals surface area (Å²) in [4.78, 5) is 28.4. The summed E-state index contributed by atoms with van der Waals surface area (Å²) in [6.45, 7) is 0. The molecule has 0 fully saturated rings. The van der Waals surface area contributed by atoms with Crippen LogP contribution in [-0.2, 0) is 16.0 Å². The van der Waals surface area contributed by atoms with Crippen LogP contribution in [0.15, 0.2) is 67.0 Å². The highest BCUT2D eigenvalue weighted by Gasteiger charge is 2.18. The first-order valence-corrected chi connectivity index (χ1v) is 8.66. The quantitative estimate of drug-likeness (QED) is 0.657. The molecule has 0 saturated heterocycles. The molecule has 3 aromatic rings. The van der Waals surface area contributed by atoms with Gasteiger partial charge in [0.2, 0.25) is 0 Å². The number of methoxy groups -OCH3 is 1. The maximum absolute atomic E-state index is 12.5. The van der Waals surface area contributed by atoms with E-state index in [-0.39, 0.29) is 24.5 Å². The summed E-state index contributed by atoms with van der Waals surface area (Å²) in [6.07, 6.45) is 4.05. The third kappa shape index (κ3) is 5.04. The van der Waals surface area contributed by atoms with Crippen molar-refractivity contribution in [3.8, 4) is 0 Å². The highest BCUT2D eigenvalue weighted by molar-refractivity contribution is 6.01. The molecule has 138 valence electrons. The summed E-state index contributed by atoms with van der Waals surface area (Å²) in [5, 5.41) is 7.57. The minimum Gasteiger partial charge on any atom is -0.469 e. The number of urea groups is 1. The number of fused-ring (bicyclic) bond motifs is 1. The van der Waals surface area contributed by atoms with Crippen LogP contribution in [0.2, 0.25) is 0 Å². The Morgan fingerprint density at radius 1 is 1.07 bits per heavy atom. The van der Waals surface area contributed by atoms with E-state index in [0.29, 0.717) is 12.1 Å². The normalized spacial score (nSPS) is 11.6. The van der Waals surface area contributed by atoms with E-state index < -0.39 is 0 Å². The van der Waals surface area contributed by atoms with Gasteiger partial charge in [-0.3, -0.25) is 9.78 Å². The Morgan fingerprint density at radius 3 is 2.67 bits per heavy atom. The van der Waals surface area contributed by atoms with Crippen LogP contribution in [0.25, 0.3) is 10.8 Å². The van der Waals surface area contributed by atoms with Gasteiger partial charge in [-0.2, -0.15) is 0 Å². The molecule has 0 aliphatic heterocycles. The van der Waals surface area contributed by atoms with Crippen molar-refractivity contribution in [1.29, 1.82) is 0 Å². The first kappa shape index (κ1) is 18.4. The van der Waals surface area contributed by atoms with Gasteiger partial charge in [-0.25, -0.2) is 4.79 Å². The second-order valence-electron chi connectivity index (χ2n) is 6.17. The van der Waals surface area contributed by atoms with E-state index in [4.69, 9.17) is 4.74 Å². The van der Waals surface area contributed by atoms with E-state index in [9.17, 15) is 9.59 Å². The molecule has 0 unspecified atom stereocenters. The smallest absolute Gasteiger partial charge is 0.319 e. The number of hydrogen-bond donors (Lipinski definition) is 2. The zero-order valence-electron chi connectivity index (χ0n) is 15.0. The number of hydrogen-bond acceptors (Lipinski definition) is 4. The van der Waals surface area contributed by atoms with Gasteiger partial charge >= 0.3 is 12.0 Å². The van der Waals surface area contributed by atoms with Gasteiger partial charge < -0.3 is 15.4 Å². The summed E-state index contributed by atoms with van der Waals surface area (Å²) >= 11 is 0. The number of ether oxygens (including phenoxy) is 1. The molecule has 3 rings (SSSR count). The van der Waals surface area contributed by atoms with Crippen molar-refractivity contribution < 1.29 is 14.3 Å². The van der Waals surface area contributed by atoms with E-state index in [1.54, 1.807) is 12.4 Å². The summed E-state index contributed by atoms with van der Waals surface area (Å²) in [5.41, 5.74) is 1.71. The highest BCUT2D eigenvalue weighted by atomic mass is 16.5. The number of rotatable bonds is 6. The van der Waals surface area contributed by atoms with Gasteiger partial charge in [0.05, 0.1) is 19.2 Å². The van der Waals surface area contributed by atoms with Crippen molar-refractivity contribution in [3.05, 3.63) is 72.6 Å². The zero-order chi connectivity index (χ0) is 19.1. The van der Waals surface area contributed by atoms with Gasteiger partial charge in [0.15, 0.2) is 0 Å². The van der Waals surface area contributed by atoms with Crippen LogP contribution in [0.4, 0.5) is 10.5 Å². The Morgan fingerprint density at radius 2 is 1.89 bits per heavy atom. The summed E-state index contributed by atoms with van der Waals surface area (Å²) in [6, 6.07) is 16.4. The number of amides is 2. The Kier molecular flexibility index (Phi) is 5.99. The predicted octanol–water partition coefficient (Wildman–Crippen LogP) is 3.53. The van der Waals surface area contributed by atoms with Crippen LogP contribution in [0, 0.1) is 0 Å². The summed E-state index contributed by atoms with van der Waals surface area (Å²) < 4.78 is 4.76. The predicted molar refractivity (Wildman–Crippen MR) is 104 cm³/mol. The Balaban J connectivity index is 1.72. The molecule has 6 heteroatoms. The second-order valence-corrected chi connectivity index (χ2v) is 6.17. The first-order valence-electron chi connectivity index (χ1n) is 8.66. The fraction of sp³-hybridized carbons (Fsp3) is 0.190. The SMILES string of the molecule is COC(=O)C[C@@H](Cc1ccccc1)NC(=O)Nc1cccc2cnccc12. The lowest BCUT2D eigenvalue weighted by Gasteiger charge is -2.19. The number of nitrogens with one attached hydrogen (secondary N) is 2. The summed E-state index contributed by atoms with van der Waals surface area (Å²) in [5.74, 6) is -0.368. The average Bonchev–Trinajstić information content (AvgIpc) is 2.69. The fourth-order valence-electron chi connectivity index (χ4n) is 2.93. The molecule has 0 bridgehead atoms. The maximum Gasteiger partial charge on any atom is 0.319 e. The standard InChI is InChI=1S/C21H21N3O3/c1-27-20(25)13-17(12-15-6-3-2-4-7-15)23-21(26)24-19-9-5-8-16-14-22-11-10-18(16)19/h2-11,14,17H,12-13H2,1H3,(H2,23,24,26)/t17-/m1/s1. The van der Waals surface area contributed by atoms with Crippen LogP contribution in [0.1, 0.15) is 12.0 Å². The Labute approximate surface area is 157 Å². The van der Waals surface area contributed by atoms with Gasteiger partial charge in [-0.05, 0) is 24.1 Å². The molecular formula is C21H21N3O3. The number of carbonyl (C=O) groups is 2. The van der Waals surface area contributed by atoms with Crippen LogP contribution < -0.4 is 10.6 Å². The lowest BCUT2D eigenvalue weighted by molar-refractivity contribution is -0.141. The topological polar surface area (TPSA) is 80.3 Å². The molecule has 6 nitrogen and oxygen atoms in total. The molecule has 2 amide bonds. The fourth-order valence-corrected chi connectivity index (χ4v) is 2.93. The second kappa shape index (κ2) is 8.80. The largest absolute Gasteiger partial charge is 0.469 e. The lowest BCUT2D eigenvalue weighted by Crippen LogP contribution is -2.40. The molecule has 2 aromatic carbocycles. The van der Waals surface area contributed by atoms with Crippen LogP contribution in [0.5, 0.6) is 0 Å². The molecule has 0 aliphatic carbocycles. The molecule has 1 aromatic heterocycles. The molecule has 2 N–H and O–H groups in total. The molecule has 27 heavy (non-hydrogen) atoms. The van der Waals surface area contributed by atoms with Gasteiger partial charge in [-0.1, -0.05) is 42.5 Å². The van der Waals surface area contributed by atoms with Gasteiger partial charge in [-0.15, -0.1) is 0 Å². The van der Waals surface area contributed by atoms with E-state index >= 15 is 0 Å². The first-order chi connectivity index (χ1) is 13.2. The van der Waals surface area contributed by atoms with Crippen molar-refractivity contribution >= 4 is 28.5 Å². The number of nitrogens with zero attached hydrogens (tertiary/aromatic N) is 1. The van der Waals surface area contributed by atoms with E-state index in [1.807, 2.05) is 54.6 Å². The number of benzene rings is 2. The van der Waals surface area contributed by atoms with Crippen molar-refractivity contribution in [2.45, 2.75) is 18.9 Å². The van der Waals surface area contributed by atoms with Gasteiger partial charge in [0.1, 0.15) is 0 Å². The minimum absolute atomic E-state index is 0.0955. The highest BCUT2D eigenvalue weighted by Crippen LogP contribution is 2.22. The van der Waals surface area contributed by atoms with Crippen LogP contribution in [-0.4, -0.2) is 30.1 Å². The van der Waals surface area contributed by atoms with E-state index in [2.05, 4.69) is 15.6 Å². The molecule has 0 radical (unpaired) electrons. The van der Waals surface area contributed by atoms with Crippen molar-refractivity contribution in [1.82, 2.24) is 10.3 Å². The number of anilines is 1. The van der Waals surface area contributed by atoms with E-state index in [1.165, 1.54) is 7.11 Å². The minimum atomic E-state index is -0.378. The number of esters is 1. The molecule has 1 heterocycles. The number of aromatic nitrogens is 1. The third-order valence-electron chi connectivity index (χ3n) is 4.23. The van der Waals surface area contributed by atoms with Crippen molar-refractivity contribution in [2.24, 2.45) is 0 Å². The van der Waals surface area contributed by atoms with Crippen molar-refractivity contribution in [3.63, 3.8) is 0 Å². The van der Waals surface area contributed by atoms with Crippen LogP contribution in [0.3, 0.4) is 0 Å². The Bertz CT molecular complexity index is 923. The Hall–Kier alpha value is -3.41. The monoisotopic (exact) mass is 363 g/mol. The average molecular weight is 363 g/mol. The molecule has 0 spiro atoms. The van der Waals surface area contributed by atoms with Crippen LogP contribution >= 0.6 is 0 Å². The van der Waals surface area contributed by atoms with Gasteiger partial charge in [0.25, 0.3) is 0 Å². The van der Waals surface area contributed by atoms with E-state index in [0.717, 1.165) is 16.3 Å². The summed E-state index contributed by atoms with van der Waals surface area (Å²) in [7, 11) is 1.34. The zero-order valence-corrected chi connectivity index (χ0v) is 15.0. The van der Waals surface area contributed by atoms with Crippen molar-refractivity contribution in [2.75, 3.05) is 12.4 Å².